The first-order chi connectivity index (χ1) is 24.6. The number of amides is 4. The molecule has 0 bridgehead atoms. The Morgan fingerprint density at radius 1 is 0.784 bits per heavy atom. The van der Waals surface area contributed by atoms with Crippen LogP contribution in [0.4, 0.5) is 5.69 Å². The van der Waals surface area contributed by atoms with Crippen LogP contribution in [0.3, 0.4) is 0 Å². The average molecular weight is 694 g/mol. The molecule has 4 saturated heterocycles. The first kappa shape index (κ1) is 34.1. The second kappa shape index (κ2) is 13.7. The zero-order valence-corrected chi connectivity index (χ0v) is 27.9. The first-order valence-corrected chi connectivity index (χ1v) is 17.1. The van der Waals surface area contributed by atoms with Gasteiger partial charge in [-0.25, -0.2) is 0 Å². The van der Waals surface area contributed by atoms with Crippen LogP contribution >= 0.6 is 0 Å². The SMILES string of the molecule is NC(=O)C12C(=O)COC1CCN2C(=O)C(Cc1ccc(N)cc1)N(C(=O)c1ccccc1)C(Cc1ccccc1)C(=O)N1CCC2OCC(=O)C21. The number of hydrogen-bond acceptors (Lipinski definition) is 9. The molecule has 0 aliphatic carbocycles. The lowest BCUT2D eigenvalue weighted by Gasteiger charge is -2.42. The Hall–Kier alpha value is -5.40. The van der Waals surface area contributed by atoms with Crippen LogP contribution in [0.2, 0.25) is 0 Å². The molecule has 3 aromatic carbocycles. The predicted molar refractivity (Wildman–Crippen MR) is 183 cm³/mol. The molecule has 0 spiro atoms. The molecule has 13 heteroatoms. The molecular formula is C38H39N5O8. The minimum absolute atomic E-state index is 0.00166. The van der Waals surface area contributed by atoms with Crippen molar-refractivity contribution in [2.24, 2.45) is 5.73 Å². The van der Waals surface area contributed by atoms with Crippen molar-refractivity contribution in [2.45, 2.75) is 61.6 Å². The smallest absolute Gasteiger partial charge is 0.255 e. The number of carbonyl (C=O) groups is 6. The number of fused-ring (bicyclic) bond motifs is 2. The van der Waals surface area contributed by atoms with Crippen LogP contribution in [0.15, 0.2) is 84.9 Å². The largest absolute Gasteiger partial charge is 0.399 e. The van der Waals surface area contributed by atoms with E-state index in [2.05, 4.69) is 0 Å². The molecule has 4 aliphatic heterocycles. The number of nitrogens with two attached hydrogens (primary N) is 2. The third-order valence-corrected chi connectivity index (χ3v) is 10.6. The van der Waals surface area contributed by atoms with E-state index in [4.69, 9.17) is 20.9 Å². The molecule has 0 saturated carbocycles. The van der Waals surface area contributed by atoms with Gasteiger partial charge >= 0.3 is 0 Å². The zero-order chi connectivity index (χ0) is 35.9. The van der Waals surface area contributed by atoms with E-state index >= 15 is 9.59 Å². The molecule has 0 aromatic heterocycles. The van der Waals surface area contributed by atoms with Crippen LogP contribution in [-0.4, -0.2) is 112 Å². The lowest BCUT2D eigenvalue weighted by Crippen LogP contribution is -2.68. The Kier molecular flexibility index (Phi) is 9.17. The summed E-state index contributed by atoms with van der Waals surface area (Å²) in [6.07, 6.45) is -0.895. The van der Waals surface area contributed by atoms with Gasteiger partial charge in [-0.05, 0) is 48.2 Å². The molecule has 4 fully saturated rings. The quantitative estimate of drug-likeness (QED) is 0.231. The first-order valence-electron chi connectivity index (χ1n) is 17.1. The Labute approximate surface area is 294 Å². The maximum absolute atomic E-state index is 15.2. The van der Waals surface area contributed by atoms with E-state index in [1.807, 2.05) is 30.3 Å². The zero-order valence-electron chi connectivity index (χ0n) is 27.9. The highest BCUT2D eigenvalue weighted by atomic mass is 16.5. The standard InChI is InChI=1S/C38H39N5O8/c39-26-13-11-24(12-14-26)20-28(36(48)42-18-16-32-38(42,37(40)49)31(45)22-51-32)43(34(46)25-9-5-2-6-10-25)27(19-23-7-3-1-4-8-23)35(47)41-17-15-30-33(41)29(44)21-50-30/h1-14,27-28,30,32-33H,15-22,39H2,(H2,40,49). The summed E-state index contributed by atoms with van der Waals surface area (Å²) in [5, 5.41) is 0. The maximum Gasteiger partial charge on any atom is 0.255 e. The van der Waals surface area contributed by atoms with Crippen molar-refractivity contribution >= 4 is 40.9 Å². The number of benzene rings is 3. The van der Waals surface area contributed by atoms with Crippen molar-refractivity contribution < 1.29 is 38.2 Å². The Balaban J connectivity index is 1.40. The lowest BCUT2D eigenvalue weighted by atomic mass is 9.88. The van der Waals surface area contributed by atoms with Gasteiger partial charge in [-0.15, -0.1) is 0 Å². The van der Waals surface area contributed by atoms with Gasteiger partial charge in [0.1, 0.15) is 31.3 Å². The predicted octanol–water partition coefficient (Wildman–Crippen LogP) is 0.927. The number of anilines is 1. The number of likely N-dealkylation sites (tertiary alicyclic amines) is 2. The van der Waals surface area contributed by atoms with Gasteiger partial charge in [-0.1, -0.05) is 60.7 Å². The molecule has 13 nitrogen and oxygen atoms in total. The van der Waals surface area contributed by atoms with E-state index < -0.39 is 71.9 Å². The van der Waals surface area contributed by atoms with E-state index in [0.29, 0.717) is 23.2 Å². The number of ether oxygens (including phenoxy) is 2. The van der Waals surface area contributed by atoms with Crippen molar-refractivity contribution in [1.29, 1.82) is 0 Å². The summed E-state index contributed by atoms with van der Waals surface area (Å²) >= 11 is 0. The molecular weight excluding hydrogens is 654 g/mol. The summed E-state index contributed by atoms with van der Waals surface area (Å²) in [4.78, 5) is 88.8. The topological polar surface area (TPSA) is 183 Å². The molecule has 6 atom stereocenters. The van der Waals surface area contributed by atoms with Gasteiger partial charge in [0, 0.05) is 37.2 Å². The average Bonchev–Trinajstić information content (AvgIpc) is 3.91. The van der Waals surface area contributed by atoms with Crippen molar-refractivity contribution in [3.8, 4) is 0 Å². The molecule has 3 aromatic rings. The van der Waals surface area contributed by atoms with E-state index in [0.717, 1.165) is 4.90 Å². The van der Waals surface area contributed by atoms with Crippen LogP contribution in [0.5, 0.6) is 0 Å². The fourth-order valence-electron chi connectivity index (χ4n) is 8.11. The van der Waals surface area contributed by atoms with Gasteiger partial charge < -0.3 is 35.6 Å². The van der Waals surface area contributed by atoms with Crippen molar-refractivity contribution in [3.63, 3.8) is 0 Å². The Morgan fingerprint density at radius 3 is 2.08 bits per heavy atom. The van der Waals surface area contributed by atoms with Crippen LogP contribution < -0.4 is 11.5 Å². The van der Waals surface area contributed by atoms with E-state index in [1.54, 1.807) is 54.6 Å². The Bertz CT molecular complexity index is 1850. The summed E-state index contributed by atoms with van der Waals surface area (Å²) in [5.41, 5.74) is 11.8. The molecule has 4 N–H and O–H groups in total. The van der Waals surface area contributed by atoms with Crippen molar-refractivity contribution in [3.05, 3.63) is 102 Å². The normalized spacial score (nSPS) is 25.0. The van der Waals surface area contributed by atoms with E-state index in [-0.39, 0.29) is 50.3 Å². The number of primary amides is 1. The summed E-state index contributed by atoms with van der Waals surface area (Å²) in [7, 11) is 0. The lowest BCUT2D eigenvalue weighted by molar-refractivity contribution is -0.154. The molecule has 4 aliphatic rings. The van der Waals surface area contributed by atoms with Crippen LogP contribution in [0.25, 0.3) is 0 Å². The molecule has 264 valence electrons. The second-order valence-electron chi connectivity index (χ2n) is 13.5. The van der Waals surface area contributed by atoms with Gasteiger partial charge in [0.25, 0.3) is 11.8 Å². The minimum Gasteiger partial charge on any atom is -0.399 e. The number of rotatable bonds is 10. The van der Waals surface area contributed by atoms with Crippen molar-refractivity contribution in [1.82, 2.24) is 14.7 Å². The number of carbonyl (C=O) groups excluding carboxylic acids is 6. The summed E-state index contributed by atoms with van der Waals surface area (Å²) in [6.45, 7) is -0.327. The second-order valence-corrected chi connectivity index (χ2v) is 13.5. The summed E-state index contributed by atoms with van der Waals surface area (Å²) < 4.78 is 11.3. The monoisotopic (exact) mass is 693 g/mol. The van der Waals surface area contributed by atoms with Gasteiger partial charge in [-0.3, -0.25) is 28.8 Å². The van der Waals surface area contributed by atoms with E-state index in [9.17, 15) is 19.2 Å². The van der Waals surface area contributed by atoms with Gasteiger partial charge in [-0.2, -0.15) is 0 Å². The fraction of sp³-hybridized carbons (Fsp3) is 0.368. The Morgan fingerprint density at radius 2 is 1.41 bits per heavy atom. The van der Waals surface area contributed by atoms with Crippen LogP contribution in [0, 0.1) is 0 Å². The van der Waals surface area contributed by atoms with Gasteiger partial charge in [0.05, 0.1) is 12.2 Å². The molecule has 0 radical (unpaired) electrons. The van der Waals surface area contributed by atoms with Gasteiger partial charge in [0.15, 0.2) is 11.6 Å². The fourth-order valence-corrected chi connectivity index (χ4v) is 8.11. The minimum atomic E-state index is -2.06. The van der Waals surface area contributed by atoms with Crippen LogP contribution in [0.1, 0.15) is 34.3 Å². The third-order valence-electron chi connectivity index (χ3n) is 10.6. The van der Waals surface area contributed by atoms with Crippen molar-refractivity contribution in [2.75, 3.05) is 32.0 Å². The van der Waals surface area contributed by atoms with Crippen LogP contribution in [-0.2, 0) is 46.3 Å². The highest BCUT2D eigenvalue weighted by Gasteiger charge is 2.65. The maximum atomic E-state index is 15.2. The molecule has 6 unspecified atom stereocenters. The number of hydrogen-bond donors (Lipinski definition) is 2. The van der Waals surface area contributed by atoms with Gasteiger partial charge in [0.2, 0.25) is 17.4 Å². The number of nitrogen functional groups attached to an aromatic ring is 1. The number of Topliss-reactive ketones (excluding diaryl/α,β-unsaturated/α-hetero) is 2. The molecule has 4 heterocycles. The summed E-state index contributed by atoms with van der Waals surface area (Å²) in [5.74, 6) is -3.77. The number of ketones is 2. The summed E-state index contributed by atoms with van der Waals surface area (Å²) in [6, 6.07) is 20.6. The highest BCUT2D eigenvalue weighted by molar-refractivity contribution is 6.16. The number of nitrogens with zero attached hydrogens (tertiary/aromatic N) is 3. The highest BCUT2D eigenvalue weighted by Crippen LogP contribution is 2.39. The van der Waals surface area contributed by atoms with E-state index in [1.165, 1.54) is 9.80 Å². The molecule has 4 amide bonds. The molecule has 51 heavy (non-hydrogen) atoms. The molecule has 7 rings (SSSR count). The third kappa shape index (κ3) is 5.95.